The quantitative estimate of drug-likeness (QED) is 0.615. The van der Waals surface area contributed by atoms with Crippen LogP contribution in [0, 0.1) is 10.1 Å². The molecule has 2 rings (SSSR count). The number of nitrogens with zero attached hydrogens (tertiary/aromatic N) is 2. The largest absolute Gasteiger partial charge is 0.274 e. The van der Waals surface area contributed by atoms with E-state index in [1.807, 2.05) is 0 Å². The molecular weight excluding hydrogens is 272 g/mol. The van der Waals surface area contributed by atoms with Crippen LogP contribution in [0.2, 0.25) is 0 Å². The van der Waals surface area contributed by atoms with Crippen LogP contribution in [-0.4, -0.2) is 29.6 Å². The van der Waals surface area contributed by atoms with Crippen LogP contribution in [0.4, 0.5) is 5.69 Å². The zero-order chi connectivity index (χ0) is 14.2. The minimum Gasteiger partial charge on any atom is -0.274 e. The molecule has 19 heavy (non-hydrogen) atoms. The Hall–Kier alpha value is -1.96. The van der Waals surface area contributed by atoms with Gasteiger partial charge in [0.15, 0.2) is 0 Å². The normalized spacial score (nSPS) is 19.7. The summed E-state index contributed by atoms with van der Waals surface area (Å²) in [5.74, 6) is -0.439. The van der Waals surface area contributed by atoms with Crippen LogP contribution in [0.5, 0.6) is 0 Å². The number of nitro benzene ring substituents is 1. The molecule has 1 aliphatic heterocycles. The van der Waals surface area contributed by atoms with Crippen LogP contribution in [0.3, 0.4) is 0 Å². The topological polar surface area (TPSA) is 97.6 Å². The molecule has 0 aromatic heterocycles. The Morgan fingerprint density at radius 1 is 1.32 bits per heavy atom. The van der Waals surface area contributed by atoms with Gasteiger partial charge in [0.1, 0.15) is 0 Å². The molecule has 0 spiro atoms. The first-order valence-corrected chi connectivity index (χ1v) is 7.10. The smallest absolute Gasteiger partial charge is 0.269 e. The van der Waals surface area contributed by atoms with Gasteiger partial charge in [-0.2, -0.15) is 0 Å². The minimum absolute atomic E-state index is 0.111. The molecule has 1 aromatic carbocycles. The highest BCUT2D eigenvalue weighted by Crippen LogP contribution is 2.27. The van der Waals surface area contributed by atoms with Crippen molar-refractivity contribution in [2.24, 2.45) is 0 Å². The van der Waals surface area contributed by atoms with E-state index in [1.165, 1.54) is 0 Å². The zero-order valence-electron chi connectivity index (χ0n) is 10.1. The molecule has 7 nitrogen and oxygen atoms in total. The van der Waals surface area contributed by atoms with Crippen molar-refractivity contribution in [3.63, 3.8) is 0 Å². The molecule has 0 bridgehead atoms. The van der Waals surface area contributed by atoms with E-state index in [2.05, 4.69) is 0 Å². The number of rotatable bonds is 3. The highest BCUT2D eigenvalue weighted by molar-refractivity contribution is 7.89. The summed E-state index contributed by atoms with van der Waals surface area (Å²) in [5, 5.41) is 10.5. The van der Waals surface area contributed by atoms with Crippen molar-refractivity contribution in [3.05, 3.63) is 34.4 Å². The van der Waals surface area contributed by atoms with Crippen LogP contribution in [0.15, 0.2) is 29.2 Å². The van der Waals surface area contributed by atoms with Crippen LogP contribution in [0.25, 0.3) is 0 Å². The van der Waals surface area contributed by atoms with Gasteiger partial charge in [0.05, 0.1) is 9.82 Å². The third-order valence-electron chi connectivity index (χ3n) is 3.03. The lowest BCUT2D eigenvalue weighted by Gasteiger charge is -2.21. The van der Waals surface area contributed by atoms with E-state index in [0.717, 1.165) is 28.6 Å². The van der Waals surface area contributed by atoms with Crippen molar-refractivity contribution >= 4 is 21.6 Å². The first kappa shape index (κ1) is 13.5. The van der Waals surface area contributed by atoms with Crippen molar-refractivity contribution in [1.29, 1.82) is 0 Å². The number of non-ortho nitro benzene ring substituents is 1. The summed E-state index contributed by atoms with van der Waals surface area (Å²) in [6.07, 6.45) is 0.693. The number of carbonyl (C=O) groups excluding carboxylic acids is 1. The Kier molecular flexibility index (Phi) is 3.27. The second kappa shape index (κ2) is 4.61. The van der Waals surface area contributed by atoms with Gasteiger partial charge in [0.2, 0.25) is 5.91 Å². The molecule has 1 aromatic rings. The average Bonchev–Trinajstić information content (AvgIpc) is 2.69. The average molecular weight is 284 g/mol. The minimum atomic E-state index is -3.92. The van der Waals surface area contributed by atoms with Gasteiger partial charge >= 0.3 is 0 Å². The maximum Gasteiger partial charge on any atom is 0.269 e. The third-order valence-corrected chi connectivity index (χ3v) is 4.98. The highest BCUT2D eigenvalue weighted by atomic mass is 32.2. The van der Waals surface area contributed by atoms with Crippen molar-refractivity contribution in [1.82, 2.24) is 4.31 Å². The van der Waals surface area contributed by atoms with Crippen LogP contribution < -0.4 is 0 Å². The molecule has 1 heterocycles. The van der Waals surface area contributed by atoms with Crippen LogP contribution in [0.1, 0.15) is 19.8 Å². The second-order valence-corrected chi connectivity index (χ2v) is 6.15. The monoisotopic (exact) mass is 284 g/mol. The van der Waals surface area contributed by atoms with Gasteiger partial charge in [-0.3, -0.25) is 14.9 Å². The van der Waals surface area contributed by atoms with Crippen LogP contribution >= 0.6 is 0 Å². The van der Waals surface area contributed by atoms with Crippen molar-refractivity contribution in [2.45, 2.75) is 30.7 Å². The number of sulfonamides is 1. The zero-order valence-corrected chi connectivity index (χ0v) is 11.0. The van der Waals surface area contributed by atoms with Gasteiger partial charge in [-0.1, -0.05) is 0 Å². The van der Waals surface area contributed by atoms with E-state index in [0.29, 0.717) is 6.42 Å². The van der Waals surface area contributed by atoms with Crippen molar-refractivity contribution in [3.8, 4) is 0 Å². The molecular formula is C11H12N2O5S. The SMILES string of the molecule is C[C@@H]1CCC(=O)N1S(=O)(=O)c1ccc([N+](=O)[O-])cc1. The van der Waals surface area contributed by atoms with Crippen LogP contribution in [-0.2, 0) is 14.8 Å². The van der Waals surface area contributed by atoms with E-state index >= 15 is 0 Å². The Labute approximate surface area is 110 Å². The summed E-state index contributed by atoms with van der Waals surface area (Å²) in [6, 6.07) is 4.13. The lowest BCUT2D eigenvalue weighted by Crippen LogP contribution is -2.37. The predicted octanol–water partition coefficient (Wildman–Crippen LogP) is 1.29. The highest BCUT2D eigenvalue weighted by Gasteiger charge is 2.38. The molecule has 1 atom stereocenters. The summed E-state index contributed by atoms with van der Waals surface area (Å²) in [6.45, 7) is 1.66. The standard InChI is InChI=1S/C11H12N2O5S/c1-8-2-7-11(14)12(8)19(17,18)10-5-3-9(4-6-10)13(15)16/h3-6,8H,2,7H2,1H3/t8-/m1/s1. The Morgan fingerprint density at radius 2 is 1.89 bits per heavy atom. The predicted molar refractivity (Wildman–Crippen MR) is 65.8 cm³/mol. The second-order valence-electron chi connectivity index (χ2n) is 4.33. The molecule has 1 saturated heterocycles. The molecule has 102 valence electrons. The Balaban J connectivity index is 2.39. The summed E-state index contributed by atoms with van der Waals surface area (Å²) < 4.78 is 25.4. The van der Waals surface area contributed by atoms with Gasteiger partial charge in [-0.25, -0.2) is 12.7 Å². The van der Waals surface area contributed by atoms with Gasteiger partial charge in [-0.05, 0) is 25.5 Å². The van der Waals surface area contributed by atoms with E-state index in [4.69, 9.17) is 0 Å². The Bertz CT molecular complexity index is 623. The number of hydrogen-bond acceptors (Lipinski definition) is 5. The lowest BCUT2D eigenvalue weighted by atomic mass is 10.3. The fraction of sp³-hybridized carbons (Fsp3) is 0.364. The molecule has 0 unspecified atom stereocenters. The first-order chi connectivity index (χ1) is 8.84. The van der Waals surface area contributed by atoms with Gasteiger partial charge in [0, 0.05) is 24.6 Å². The molecule has 8 heteroatoms. The van der Waals surface area contributed by atoms with Gasteiger partial charge in [-0.15, -0.1) is 0 Å². The maximum atomic E-state index is 12.3. The molecule has 1 amide bonds. The molecule has 0 N–H and O–H groups in total. The summed E-state index contributed by atoms with van der Waals surface area (Å²) in [5.41, 5.74) is -0.195. The fourth-order valence-electron chi connectivity index (χ4n) is 2.03. The number of nitro groups is 1. The summed E-state index contributed by atoms with van der Waals surface area (Å²) in [7, 11) is -3.92. The molecule has 0 radical (unpaired) electrons. The molecule has 0 saturated carbocycles. The van der Waals surface area contributed by atoms with Crippen molar-refractivity contribution in [2.75, 3.05) is 0 Å². The maximum absolute atomic E-state index is 12.3. The number of amides is 1. The summed E-state index contributed by atoms with van der Waals surface area (Å²) >= 11 is 0. The summed E-state index contributed by atoms with van der Waals surface area (Å²) in [4.78, 5) is 21.4. The van der Waals surface area contributed by atoms with Gasteiger partial charge in [0.25, 0.3) is 15.7 Å². The third kappa shape index (κ3) is 2.30. The number of hydrogen-bond donors (Lipinski definition) is 0. The molecule has 0 aliphatic carbocycles. The van der Waals surface area contributed by atoms with E-state index in [1.54, 1.807) is 6.92 Å². The first-order valence-electron chi connectivity index (χ1n) is 5.66. The number of benzene rings is 1. The van der Waals surface area contributed by atoms with E-state index in [9.17, 15) is 23.3 Å². The molecule has 1 aliphatic rings. The van der Waals surface area contributed by atoms with Gasteiger partial charge < -0.3 is 0 Å². The lowest BCUT2D eigenvalue weighted by molar-refractivity contribution is -0.384. The van der Waals surface area contributed by atoms with Crippen molar-refractivity contribution < 1.29 is 18.1 Å². The molecule has 1 fully saturated rings. The fourth-order valence-corrected chi connectivity index (χ4v) is 3.68. The van der Waals surface area contributed by atoms with E-state index in [-0.39, 0.29) is 23.0 Å². The number of carbonyl (C=O) groups is 1. The Morgan fingerprint density at radius 3 is 2.32 bits per heavy atom. The van der Waals surface area contributed by atoms with E-state index < -0.39 is 20.9 Å².